The van der Waals surface area contributed by atoms with Crippen LogP contribution < -0.4 is 4.74 Å². The van der Waals surface area contributed by atoms with Crippen molar-refractivity contribution in [1.29, 1.82) is 0 Å². The molecule has 0 saturated carbocycles. The molecule has 0 radical (unpaired) electrons. The number of ether oxygens (including phenoxy) is 1. The van der Waals surface area contributed by atoms with Crippen molar-refractivity contribution >= 4 is 12.0 Å². The molecule has 0 saturated heterocycles. The van der Waals surface area contributed by atoms with Gasteiger partial charge in [0, 0.05) is 13.0 Å². The lowest BCUT2D eigenvalue weighted by molar-refractivity contribution is -0.112. The Hall–Kier alpha value is -3.60. The number of aromatic hydroxyl groups is 1. The second-order valence-corrected chi connectivity index (χ2v) is 6.89. The van der Waals surface area contributed by atoms with Crippen LogP contribution in [0.3, 0.4) is 0 Å². The van der Waals surface area contributed by atoms with E-state index >= 15 is 0 Å². The number of hydrogen-bond acceptors (Lipinski definition) is 5. The van der Waals surface area contributed by atoms with E-state index in [-0.39, 0.29) is 5.75 Å². The van der Waals surface area contributed by atoms with Gasteiger partial charge in [0.1, 0.15) is 30.4 Å². The summed E-state index contributed by atoms with van der Waals surface area (Å²) in [4.78, 5) is 12.0. The highest BCUT2D eigenvalue weighted by Crippen LogP contribution is 2.28. The number of carbonyl (C=O) groups is 1. The third-order valence-corrected chi connectivity index (χ3v) is 4.99. The molecule has 0 aromatic heterocycles. The molecule has 1 N–H and O–H groups in total. The molecule has 4 rings (SSSR count). The number of hydrazone groups is 1. The lowest BCUT2D eigenvalue weighted by Crippen LogP contribution is -2.24. The molecule has 5 nitrogen and oxygen atoms in total. The number of carbonyl (C=O) groups excluding carboxylic acids is 1. The van der Waals surface area contributed by atoms with E-state index < -0.39 is 6.04 Å². The fraction of sp³-hybridized carbons (Fsp3) is 0.167. The van der Waals surface area contributed by atoms with Crippen LogP contribution in [-0.4, -0.2) is 28.7 Å². The molecule has 3 aromatic rings. The molecule has 0 fully saturated rings. The SMILES string of the molecule is O=CC(c1ccccc1COc1ccccc1)N1CCC(c2ccc(O)cc2)=N1. The molecule has 1 aliphatic heterocycles. The second kappa shape index (κ2) is 8.61. The van der Waals surface area contributed by atoms with Crippen molar-refractivity contribution in [2.24, 2.45) is 5.10 Å². The molecule has 1 aliphatic rings. The molecule has 5 heteroatoms. The fourth-order valence-electron chi connectivity index (χ4n) is 3.47. The van der Waals surface area contributed by atoms with Gasteiger partial charge >= 0.3 is 0 Å². The van der Waals surface area contributed by atoms with E-state index in [0.29, 0.717) is 13.2 Å². The highest BCUT2D eigenvalue weighted by molar-refractivity contribution is 6.01. The first-order valence-electron chi connectivity index (χ1n) is 9.59. The van der Waals surface area contributed by atoms with Crippen LogP contribution in [0.1, 0.15) is 29.2 Å². The molecular formula is C24H22N2O3. The van der Waals surface area contributed by atoms with Gasteiger partial charge in [0.25, 0.3) is 0 Å². The van der Waals surface area contributed by atoms with Crippen LogP contribution in [0.25, 0.3) is 0 Å². The zero-order chi connectivity index (χ0) is 20.1. The van der Waals surface area contributed by atoms with E-state index in [1.807, 2.05) is 71.7 Å². The molecular weight excluding hydrogens is 364 g/mol. The topological polar surface area (TPSA) is 62.1 Å². The Bertz CT molecular complexity index is 1000. The number of hydrogen-bond donors (Lipinski definition) is 1. The summed E-state index contributed by atoms with van der Waals surface area (Å²) >= 11 is 0. The molecule has 29 heavy (non-hydrogen) atoms. The summed E-state index contributed by atoms with van der Waals surface area (Å²) < 4.78 is 5.90. The highest BCUT2D eigenvalue weighted by Gasteiger charge is 2.26. The van der Waals surface area contributed by atoms with Crippen LogP contribution in [0, 0.1) is 0 Å². The quantitative estimate of drug-likeness (QED) is 0.614. The Morgan fingerprint density at radius 1 is 1.00 bits per heavy atom. The standard InChI is InChI=1S/C24H22N2O3/c27-16-24(26-15-14-23(25-26)18-10-12-20(28)13-11-18)22-9-5-4-6-19(22)17-29-21-7-2-1-3-8-21/h1-13,16,24,28H,14-15,17H2. The third kappa shape index (κ3) is 4.29. The minimum atomic E-state index is -0.472. The van der Waals surface area contributed by atoms with E-state index in [4.69, 9.17) is 9.84 Å². The van der Waals surface area contributed by atoms with Gasteiger partial charge in [0.05, 0.1) is 5.71 Å². The predicted molar refractivity (Wildman–Crippen MR) is 112 cm³/mol. The third-order valence-electron chi connectivity index (χ3n) is 4.99. The van der Waals surface area contributed by atoms with Gasteiger partial charge in [-0.3, -0.25) is 5.01 Å². The molecule has 0 amide bonds. The Kier molecular flexibility index (Phi) is 5.56. The van der Waals surface area contributed by atoms with Crippen molar-refractivity contribution in [1.82, 2.24) is 5.01 Å². The van der Waals surface area contributed by atoms with Crippen LogP contribution in [0.2, 0.25) is 0 Å². The number of phenols is 1. The van der Waals surface area contributed by atoms with Gasteiger partial charge in [-0.05, 0) is 53.1 Å². The van der Waals surface area contributed by atoms with E-state index in [1.165, 1.54) is 0 Å². The molecule has 3 aromatic carbocycles. The largest absolute Gasteiger partial charge is 0.508 e. The predicted octanol–water partition coefficient (Wildman–Crippen LogP) is 4.32. The van der Waals surface area contributed by atoms with Gasteiger partial charge in [0.2, 0.25) is 0 Å². The van der Waals surface area contributed by atoms with Gasteiger partial charge in [0.15, 0.2) is 0 Å². The minimum absolute atomic E-state index is 0.224. The van der Waals surface area contributed by atoms with Crippen LogP contribution >= 0.6 is 0 Å². The van der Waals surface area contributed by atoms with Crippen LogP contribution in [-0.2, 0) is 11.4 Å². The van der Waals surface area contributed by atoms with E-state index in [0.717, 1.165) is 40.9 Å². The normalized spacial score (nSPS) is 14.3. The zero-order valence-corrected chi connectivity index (χ0v) is 15.9. The molecule has 0 aliphatic carbocycles. The van der Waals surface area contributed by atoms with Gasteiger partial charge in [-0.15, -0.1) is 0 Å². The number of nitrogens with zero attached hydrogens (tertiary/aromatic N) is 2. The van der Waals surface area contributed by atoms with Gasteiger partial charge in [-0.1, -0.05) is 42.5 Å². The minimum Gasteiger partial charge on any atom is -0.508 e. The average molecular weight is 386 g/mol. The fourth-order valence-corrected chi connectivity index (χ4v) is 3.47. The smallest absolute Gasteiger partial charge is 0.148 e. The lowest BCUT2D eigenvalue weighted by atomic mass is 10.0. The first kappa shape index (κ1) is 18.7. The number of phenolic OH excluding ortho intramolecular Hbond substituents is 1. The second-order valence-electron chi connectivity index (χ2n) is 6.89. The number of aldehydes is 1. The Morgan fingerprint density at radius 3 is 2.48 bits per heavy atom. The Balaban J connectivity index is 1.55. The lowest BCUT2D eigenvalue weighted by Gasteiger charge is -2.24. The van der Waals surface area contributed by atoms with Crippen LogP contribution in [0.5, 0.6) is 11.5 Å². The summed E-state index contributed by atoms with van der Waals surface area (Å²) in [5.74, 6) is 1.01. The summed E-state index contributed by atoms with van der Waals surface area (Å²) in [6.07, 6.45) is 1.68. The average Bonchev–Trinajstić information content (AvgIpc) is 3.25. The Morgan fingerprint density at radius 2 is 1.72 bits per heavy atom. The molecule has 0 spiro atoms. The maximum absolute atomic E-state index is 12.0. The van der Waals surface area contributed by atoms with Crippen molar-refractivity contribution in [3.05, 3.63) is 95.6 Å². The summed E-state index contributed by atoms with van der Waals surface area (Å²) in [6, 6.07) is 23.9. The molecule has 1 unspecified atom stereocenters. The molecule has 146 valence electrons. The summed E-state index contributed by atoms with van der Waals surface area (Å²) in [6.45, 7) is 1.04. The first-order valence-corrected chi connectivity index (χ1v) is 9.59. The van der Waals surface area contributed by atoms with E-state index in [1.54, 1.807) is 12.1 Å². The number of rotatable bonds is 7. The summed E-state index contributed by atoms with van der Waals surface area (Å²) in [5, 5.41) is 16.0. The zero-order valence-electron chi connectivity index (χ0n) is 15.9. The number of para-hydroxylation sites is 1. The Labute approximate surface area is 169 Å². The van der Waals surface area contributed by atoms with Crippen LogP contribution in [0.15, 0.2) is 84.0 Å². The molecule has 1 atom stereocenters. The van der Waals surface area contributed by atoms with Gasteiger partial charge in [-0.25, -0.2) is 0 Å². The van der Waals surface area contributed by atoms with Crippen molar-refractivity contribution in [2.75, 3.05) is 6.54 Å². The van der Waals surface area contributed by atoms with Crippen molar-refractivity contribution in [3.8, 4) is 11.5 Å². The van der Waals surface area contributed by atoms with Crippen molar-refractivity contribution < 1.29 is 14.6 Å². The van der Waals surface area contributed by atoms with Gasteiger partial charge in [-0.2, -0.15) is 5.10 Å². The van der Waals surface area contributed by atoms with Crippen molar-refractivity contribution in [3.63, 3.8) is 0 Å². The van der Waals surface area contributed by atoms with E-state index in [2.05, 4.69) is 0 Å². The first-order chi connectivity index (χ1) is 14.2. The molecule has 1 heterocycles. The summed E-state index contributed by atoms with van der Waals surface area (Å²) in [5.41, 5.74) is 3.72. The maximum Gasteiger partial charge on any atom is 0.148 e. The summed E-state index contributed by atoms with van der Waals surface area (Å²) in [7, 11) is 0. The maximum atomic E-state index is 12.0. The monoisotopic (exact) mass is 386 g/mol. The molecule has 0 bridgehead atoms. The van der Waals surface area contributed by atoms with Gasteiger partial charge < -0.3 is 14.6 Å². The van der Waals surface area contributed by atoms with Crippen LogP contribution in [0.4, 0.5) is 0 Å². The highest BCUT2D eigenvalue weighted by atomic mass is 16.5. The number of benzene rings is 3. The van der Waals surface area contributed by atoms with Crippen molar-refractivity contribution in [2.45, 2.75) is 19.1 Å². The van der Waals surface area contributed by atoms with E-state index in [9.17, 15) is 9.90 Å².